The normalized spacial score (nSPS) is 8.00. The van der Waals surface area contributed by atoms with E-state index < -0.39 is 6.03 Å². The van der Waals surface area contributed by atoms with Crippen LogP contribution in [0.4, 0.5) is 4.79 Å². The Kier molecular flexibility index (Phi) is 3.40. The zero-order valence-electron chi connectivity index (χ0n) is 4.47. The van der Waals surface area contributed by atoms with E-state index in [1.807, 2.05) is 5.43 Å². The Hall–Kier alpha value is -1.08. The summed E-state index contributed by atoms with van der Waals surface area (Å²) in [6.45, 7) is 0. The van der Waals surface area contributed by atoms with Crippen LogP contribution in [0.15, 0.2) is 0 Å². The lowest BCUT2D eigenvalue weighted by Gasteiger charge is -2.03. The summed E-state index contributed by atoms with van der Waals surface area (Å²) in [6, 6.07) is -0.723. The molecule has 0 saturated heterocycles. The van der Waals surface area contributed by atoms with E-state index in [0.717, 1.165) is 0 Å². The standard InChI is InChI=1S/C2H7N5OS/c3-1(8)5-7-6-2(4)9/h7H,(H3,3,5,8)(H3,4,6,9). The maximum atomic E-state index is 9.91. The van der Waals surface area contributed by atoms with E-state index in [0.29, 0.717) is 0 Å². The fraction of sp³-hybridized carbons (Fsp3) is 0. The van der Waals surface area contributed by atoms with Gasteiger partial charge >= 0.3 is 6.03 Å². The molecule has 6 nitrogen and oxygen atoms in total. The van der Waals surface area contributed by atoms with Gasteiger partial charge in [-0.15, -0.1) is 5.53 Å². The third-order valence-corrected chi connectivity index (χ3v) is 0.473. The number of carbonyl (C=O) groups is 1. The van der Waals surface area contributed by atoms with Crippen molar-refractivity contribution in [2.45, 2.75) is 0 Å². The number of rotatable bonds is 2. The van der Waals surface area contributed by atoms with Gasteiger partial charge in [0.2, 0.25) is 0 Å². The molecule has 0 atom stereocenters. The molecule has 0 aliphatic carbocycles. The fourth-order valence-corrected chi connectivity index (χ4v) is 0.205. The van der Waals surface area contributed by atoms with Crippen molar-refractivity contribution >= 4 is 23.4 Å². The largest absolute Gasteiger partial charge is 0.375 e. The fourth-order valence-electron chi connectivity index (χ4n) is 0.154. The Morgan fingerprint density at radius 3 is 2.22 bits per heavy atom. The highest BCUT2D eigenvalue weighted by atomic mass is 32.1. The first-order valence-corrected chi connectivity index (χ1v) is 2.39. The van der Waals surface area contributed by atoms with Crippen LogP contribution in [0.2, 0.25) is 0 Å². The highest BCUT2D eigenvalue weighted by Crippen LogP contribution is 1.48. The minimum atomic E-state index is -0.723. The molecule has 0 saturated carbocycles. The van der Waals surface area contributed by atoms with Crippen molar-refractivity contribution in [3.05, 3.63) is 0 Å². The van der Waals surface area contributed by atoms with Crippen molar-refractivity contribution in [3.63, 3.8) is 0 Å². The molecule has 0 aromatic rings. The molecule has 0 spiro atoms. The van der Waals surface area contributed by atoms with Crippen molar-refractivity contribution in [1.82, 2.24) is 16.4 Å². The predicted molar refractivity (Wildman–Crippen MR) is 35.8 cm³/mol. The zero-order valence-corrected chi connectivity index (χ0v) is 5.29. The van der Waals surface area contributed by atoms with Crippen LogP contribution in [-0.4, -0.2) is 11.1 Å². The van der Waals surface area contributed by atoms with Crippen molar-refractivity contribution in [3.8, 4) is 0 Å². The molecule has 0 aromatic carbocycles. The molecular weight excluding hydrogens is 142 g/mol. The Labute approximate surface area is 56.9 Å². The van der Waals surface area contributed by atoms with Crippen molar-refractivity contribution in [2.24, 2.45) is 11.5 Å². The lowest BCUT2D eigenvalue weighted by atomic mass is 11.1. The minimum Gasteiger partial charge on any atom is -0.375 e. The van der Waals surface area contributed by atoms with Crippen molar-refractivity contribution in [2.75, 3.05) is 0 Å². The lowest BCUT2D eigenvalue weighted by molar-refractivity contribution is 0.243. The van der Waals surface area contributed by atoms with Gasteiger partial charge in [0.15, 0.2) is 5.11 Å². The van der Waals surface area contributed by atoms with E-state index in [4.69, 9.17) is 5.73 Å². The molecule has 0 aromatic heterocycles. The summed E-state index contributed by atoms with van der Waals surface area (Å²) in [6.07, 6.45) is 0. The number of nitrogens with one attached hydrogen (secondary N) is 3. The molecule has 0 radical (unpaired) electrons. The Morgan fingerprint density at radius 1 is 1.33 bits per heavy atom. The van der Waals surface area contributed by atoms with E-state index in [1.54, 1.807) is 0 Å². The molecular formula is C2H7N5OS. The van der Waals surface area contributed by atoms with Gasteiger partial charge in [0.05, 0.1) is 0 Å². The quantitative estimate of drug-likeness (QED) is 0.229. The molecule has 9 heavy (non-hydrogen) atoms. The summed E-state index contributed by atoms with van der Waals surface area (Å²) in [5.74, 6) is 0. The average Bonchev–Trinajstić information content (AvgIpc) is 1.63. The monoisotopic (exact) mass is 149 g/mol. The topological polar surface area (TPSA) is 105 Å². The van der Waals surface area contributed by atoms with Crippen LogP contribution in [0.25, 0.3) is 0 Å². The SMILES string of the molecule is NC(=O)NNNC(N)=S. The highest BCUT2D eigenvalue weighted by Gasteiger charge is 1.86. The van der Waals surface area contributed by atoms with Crippen LogP contribution in [0.3, 0.4) is 0 Å². The van der Waals surface area contributed by atoms with Gasteiger partial charge in [-0.2, -0.15) is 0 Å². The van der Waals surface area contributed by atoms with Crippen molar-refractivity contribution < 1.29 is 4.79 Å². The summed E-state index contributed by atoms with van der Waals surface area (Å²) < 4.78 is 0. The Bertz CT molecular complexity index is 110. The Morgan fingerprint density at radius 2 is 1.89 bits per heavy atom. The van der Waals surface area contributed by atoms with E-state index in [9.17, 15) is 4.79 Å². The summed E-state index contributed by atoms with van der Waals surface area (Å²) in [7, 11) is 0. The minimum absolute atomic E-state index is 0.0174. The smallest absolute Gasteiger partial charge is 0.327 e. The molecule has 7 heteroatoms. The second kappa shape index (κ2) is 3.87. The van der Waals surface area contributed by atoms with Gasteiger partial charge in [0, 0.05) is 0 Å². The maximum absolute atomic E-state index is 9.91. The molecule has 0 unspecified atom stereocenters. The third kappa shape index (κ3) is 6.92. The van der Waals surface area contributed by atoms with Crippen LogP contribution in [0, 0.1) is 0 Å². The summed E-state index contributed by atoms with van der Waals surface area (Å²) in [5, 5.41) is 0.0174. The van der Waals surface area contributed by atoms with Crippen molar-refractivity contribution in [1.29, 1.82) is 0 Å². The van der Waals surface area contributed by atoms with Gasteiger partial charge < -0.3 is 11.5 Å². The molecule has 0 aliphatic heterocycles. The van der Waals surface area contributed by atoms with E-state index in [1.165, 1.54) is 0 Å². The number of hydrazine groups is 2. The molecule has 52 valence electrons. The van der Waals surface area contributed by atoms with Crippen LogP contribution in [-0.2, 0) is 0 Å². The molecule has 2 amide bonds. The van der Waals surface area contributed by atoms with Crippen LogP contribution >= 0.6 is 12.2 Å². The first-order valence-electron chi connectivity index (χ1n) is 1.99. The first-order chi connectivity index (χ1) is 4.13. The van der Waals surface area contributed by atoms with E-state index in [2.05, 4.69) is 28.9 Å². The number of thiocarbonyl (C=S) groups is 1. The number of urea groups is 1. The molecule has 0 bridgehead atoms. The number of amides is 2. The third-order valence-electron chi connectivity index (χ3n) is 0.371. The van der Waals surface area contributed by atoms with Gasteiger partial charge in [0.25, 0.3) is 0 Å². The summed E-state index contributed by atoms with van der Waals surface area (Å²) in [5.41, 5.74) is 15.9. The highest BCUT2D eigenvalue weighted by molar-refractivity contribution is 7.80. The summed E-state index contributed by atoms with van der Waals surface area (Å²) >= 11 is 4.36. The zero-order chi connectivity index (χ0) is 7.28. The maximum Gasteiger partial charge on any atom is 0.327 e. The second-order valence-corrected chi connectivity index (χ2v) is 1.54. The van der Waals surface area contributed by atoms with Crippen LogP contribution < -0.4 is 27.9 Å². The van der Waals surface area contributed by atoms with E-state index in [-0.39, 0.29) is 5.11 Å². The van der Waals surface area contributed by atoms with Crippen LogP contribution in [0.5, 0.6) is 0 Å². The van der Waals surface area contributed by atoms with Gasteiger partial charge in [-0.25, -0.2) is 4.79 Å². The molecule has 7 N–H and O–H groups in total. The van der Waals surface area contributed by atoms with Gasteiger partial charge in [-0.3, -0.25) is 10.9 Å². The molecule has 0 heterocycles. The van der Waals surface area contributed by atoms with Gasteiger partial charge in [-0.1, -0.05) is 0 Å². The van der Waals surface area contributed by atoms with Gasteiger partial charge in [0.1, 0.15) is 0 Å². The van der Waals surface area contributed by atoms with Crippen LogP contribution in [0.1, 0.15) is 0 Å². The molecule has 0 rings (SSSR count). The first kappa shape index (κ1) is 7.92. The number of carbonyl (C=O) groups excluding carboxylic acids is 1. The molecule has 0 aliphatic rings. The molecule has 0 fully saturated rings. The lowest BCUT2D eigenvalue weighted by Crippen LogP contribution is -2.52. The number of hydrogen-bond acceptors (Lipinski definition) is 3. The van der Waals surface area contributed by atoms with Gasteiger partial charge in [-0.05, 0) is 12.2 Å². The second-order valence-electron chi connectivity index (χ2n) is 1.10. The Balaban J connectivity index is 3.10. The number of hydrogen-bond donors (Lipinski definition) is 5. The number of nitrogens with two attached hydrogens (primary N) is 2. The number of primary amides is 1. The average molecular weight is 149 g/mol. The summed E-state index contributed by atoms with van der Waals surface area (Å²) in [4.78, 5) is 9.91. The predicted octanol–water partition coefficient (Wildman–Crippen LogP) is -2.09. The van der Waals surface area contributed by atoms with E-state index >= 15 is 0 Å².